The van der Waals surface area contributed by atoms with Crippen LogP contribution in [0.5, 0.6) is 0 Å². The van der Waals surface area contributed by atoms with Gasteiger partial charge in [0.2, 0.25) is 0 Å². The minimum Gasteiger partial charge on any atom is -0.347 e. The fourth-order valence-corrected chi connectivity index (χ4v) is 3.07. The van der Waals surface area contributed by atoms with Crippen LogP contribution in [0, 0.1) is 0 Å². The number of hydrogen-bond donors (Lipinski definition) is 2. The number of amides is 1. The molecule has 0 radical (unpaired) electrons. The quantitative estimate of drug-likeness (QED) is 0.681. The van der Waals surface area contributed by atoms with E-state index in [1.165, 1.54) is 5.56 Å². The van der Waals surface area contributed by atoms with Crippen molar-refractivity contribution in [1.29, 1.82) is 0 Å². The molecule has 0 saturated carbocycles. The number of H-pyrrole nitrogens is 1. The van der Waals surface area contributed by atoms with E-state index in [1.807, 2.05) is 48.5 Å². The van der Waals surface area contributed by atoms with Gasteiger partial charge in [-0.1, -0.05) is 60.7 Å². The molecule has 3 aromatic rings. The Morgan fingerprint density at radius 3 is 2.35 bits per heavy atom. The Labute approximate surface area is 139 Å². The maximum atomic E-state index is 12.3. The zero-order valence-electron chi connectivity index (χ0n) is 12.5. The molecule has 0 saturated heterocycles. The van der Waals surface area contributed by atoms with Crippen LogP contribution in [0.2, 0.25) is 0 Å². The number of benzene rings is 2. The first-order chi connectivity index (χ1) is 11.3. The molecule has 3 rings (SSSR count). The molecular weight excluding hydrogens is 306 g/mol. The number of carbonyl (C=O) groups is 1. The van der Waals surface area contributed by atoms with Crippen LogP contribution in [0.15, 0.2) is 71.8 Å². The molecule has 0 atom stereocenters. The fraction of sp³-hybridized carbons (Fsp3) is 0.111. The first-order valence-corrected chi connectivity index (χ1v) is 8.34. The second-order valence-corrected chi connectivity index (χ2v) is 6.07. The zero-order chi connectivity index (χ0) is 15.9. The van der Waals surface area contributed by atoms with Crippen molar-refractivity contribution < 1.29 is 4.79 Å². The third-order valence-corrected chi connectivity index (χ3v) is 4.46. The molecule has 0 aliphatic rings. The van der Waals surface area contributed by atoms with Crippen LogP contribution in [-0.4, -0.2) is 16.1 Å². The normalized spacial score (nSPS) is 10.4. The highest BCUT2D eigenvalue weighted by atomic mass is 32.2. The average Bonchev–Trinajstić information content (AvgIpc) is 3.08. The summed E-state index contributed by atoms with van der Waals surface area (Å²) < 4.78 is 0. The van der Waals surface area contributed by atoms with Crippen molar-refractivity contribution in [2.75, 3.05) is 0 Å². The number of carbonyl (C=O) groups excluding carboxylic acids is 1. The standard InChI is InChI=1S/C18H17N3OS/c22-18(19-11-14-7-3-1-4-8-14)17-16(12-20-21-17)23-13-15-9-5-2-6-10-15/h1-10,12H,11,13H2,(H,19,22)(H,20,21). The zero-order valence-corrected chi connectivity index (χ0v) is 13.3. The van der Waals surface area contributed by atoms with Gasteiger partial charge in [-0.2, -0.15) is 5.10 Å². The van der Waals surface area contributed by atoms with Gasteiger partial charge in [0.05, 0.1) is 11.1 Å². The van der Waals surface area contributed by atoms with Crippen LogP contribution in [0.25, 0.3) is 0 Å². The summed E-state index contributed by atoms with van der Waals surface area (Å²) in [6.45, 7) is 0.501. The predicted molar refractivity (Wildman–Crippen MR) is 92.2 cm³/mol. The van der Waals surface area contributed by atoms with Gasteiger partial charge in [-0.3, -0.25) is 9.89 Å². The summed E-state index contributed by atoms with van der Waals surface area (Å²) in [6.07, 6.45) is 1.70. The summed E-state index contributed by atoms with van der Waals surface area (Å²) in [6, 6.07) is 20.0. The van der Waals surface area contributed by atoms with Crippen molar-refractivity contribution in [3.63, 3.8) is 0 Å². The summed E-state index contributed by atoms with van der Waals surface area (Å²) in [5, 5.41) is 9.72. The number of thioether (sulfide) groups is 1. The van der Waals surface area contributed by atoms with Crippen molar-refractivity contribution in [2.24, 2.45) is 0 Å². The van der Waals surface area contributed by atoms with Crippen LogP contribution in [0.3, 0.4) is 0 Å². The van der Waals surface area contributed by atoms with Crippen LogP contribution in [0.1, 0.15) is 21.6 Å². The fourth-order valence-electron chi connectivity index (χ4n) is 2.15. The largest absolute Gasteiger partial charge is 0.347 e. The lowest BCUT2D eigenvalue weighted by Crippen LogP contribution is -2.23. The maximum Gasteiger partial charge on any atom is 0.270 e. The molecule has 23 heavy (non-hydrogen) atoms. The lowest BCUT2D eigenvalue weighted by molar-refractivity contribution is 0.0943. The molecule has 4 nitrogen and oxygen atoms in total. The lowest BCUT2D eigenvalue weighted by Gasteiger charge is -2.06. The van der Waals surface area contributed by atoms with E-state index in [1.54, 1.807) is 18.0 Å². The molecule has 5 heteroatoms. The van der Waals surface area contributed by atoms with Gasteiger partial charge in [-0.05, 0) is 11.1 Å². The Bertz CT molecular complexity index is 756. The molecule has 2 aromatic carbocycles. The maximum absolute atomic E-state index is 12.3. The Balaban J connectivity index is 1.60. The van der Waals surface area contributed by atoms with E-state index < -0.39 is 0 Å². The number of nitrogens with zero attached hydrogens (tertiary/aromatic N) is 1. The van der Waals surface area contributed by atoms with Crippen molar-refractivity contribution in [2.45, 2.75) is 17.2 Å². The molecule has 0 aliphatic heterocycles. The Morgan fingerprint density at radius 2 is 1.65 bits per heavy atom. The van der Waals surface area contributed by atoms with Gasteiger partial charge >= 0.3 is 0 Å². The number of aromatic amines is 1. The topological polar surface area (TPSA) is 57.8 Å². The number of aromatic nitrogens is 2. The third-order valence-electron chi connectivity index (χ3n) is 3.36. The van der Waals surface area contributed by atoms with Crippen LogP contribution < -0.4 is 5.32 Å². The Kier molecular flexibility index (Phi) is 5.11. The van der Waals surface area contributed by atoms with E-state index >= 15 is 0 Å². The number of hydrogen-bond acceptors (Lipinski definition) is 3. The van der Waals surface area contributed by atoms with E-state index in [4.69, 9.17) is 0 Å². The molecule has 0 aliphatic carbocycles. The van der Waals surface area contributed by atoms with Gasteiger partial charge in [0, 0.05) is 12.3 Å². The van der Waals surface area contributed by atoms with Gasteiger partial charge < -0.3 is 5.32 Å². The number of rotatable bonds is 6. The molecule has 116 valence electrons. The van der Waals surface area contributed by atoms with Crippen molar-refractivity contribution in [1.82, 2.24) is 15.5 Å². The highest BCUT2D eigenvalue weighted by Crippen LogP contribution is 2.24. The van der Waals surface area contributed by atoms with E-state index in [-0.39, 0.29) is 5.91 Å². The molecule has 2 N–H and O–H groups in total. The van der Waals surface area contributed by atoms with Gasteiger partial charge in [-0.25, -0.2) is 0 Å². The lowest BCUT2D eigenvalue weighted by atomic mass is 10.2. The molecule has 1 heterocycles. The van der Waals surface area contributed by atoms with Crippen LogP contribution in [-0.2, 0) is 12.3 Å². The minimum atomic E-state index is -0.137. The van der Waals surface area contributed by atoms with E-state index in [0.29, 0.717) is 12.2 Å². The highest BCUT2D eigenvalue weighted by Gasteiger charge is 2.14. The summed E-state index contributed by atoms with van der Waals surface area (Å²) in [4.78, 5) is 13.2. The first-order valence-electron chi connectivity index (χ1n) is 7.35. The Morgan fingerprint density at radius 1 is 1.00 bits per heavy atom. The Hall–Kier alpha value is -2.53. The van der Waals surface area contributed by atoms with Crippen LogP contribution >= 0.6 is 11.8 Å². The molecule has 0 bridgehead atoms. The molecule has 0 fully saturated rings. The average molecular weight is 323 g/mol. The predicted octanol–water partition coefficient (Wildman–Crippen LogP) is 3.63. The van der Waals surface area contributed by atoms with Crippen molar-refractivity contribution >= 4 is 17.7 Å². The number of nitrogens with one attached hydrogen (secondary N) is 2. The molecular formula is C18H17N3OS. The van der Waals surface area contributed by atoms with E-state index in [0.717, 1.165) is 16.2 Å². The van der Waals surface area contributed by atoms with Gasteiger partial charge in [-0.15, -0.1) is 11.8 Å². The summed E-state index contributed by atoms with van der Waals surface area (Å²) in [5.74, 6) is 0.668. The highest BCUT2D eigenvalue weighted by molar-refractivity contribution is 7.98. The van der Waals surface area contributed by atoms with Crippen molar-refractivity contribution in [3.05, 3.63) is 83.7 Å². The molecule has 1 aromatic heterocycles. The van der Waals surface area contributed by atoms with E-state index in [2.05, 4.69) is 27.6 Å². The molecule has 0 spiro atoms. The molecule has 0 unspecified atom stereocenters. The second-order valence-electron chi connectivity index (χ2n) is 5.05. The minimum absolute atomic E-state index is 0.137. The first kappa shape index (κ1) is 15.4. The third kappa shape index (κ3) is 4.23. The van der Waals surface area contributed by atoms with Gasteiger partial charge in [0.25, 0.3) is 5.91 Å². The second kappa shape index (κ2) is 7.65. The van der Waals surface area contributed by atoms with E-state index in [9.17, 15) is 4.79 Å². The van der Waals surface area contributed by atoms with Gasteiger partial charge in [0.1, 0.15) is 5.69 Å². The molecule has 1 amide bonds. The van der Waals surface area contributed by atoms with Crippen LogP contribution in [0.4, 0.5) is 0 Å². The van der Waals surface area contributed by atoms with Gasteiger partial charge in [0.15, 0.2) is 0 Å². The van der Waals surface area contributed by atoms with Crippen molar-refractivity contribution in [3.8, 4) is 0 Å². The summed E-state index contributed by atoms with van der Waals surface area (Å²) in [5.41, 5.74) is 2.80. The SMILES string of the molecule is O=C(NCc1ccccc1)c1[nH]ncc1SCc1ccccc1. The summed E-state index contributed by atoms with van der Waals surface area (Å²) >= 11 is 1.60. The summed E-state index contributed by atoms with van der Waals surface area (Å²) in [7, 11) is 0. The monoisotopic (exact) mass is 323 g/mol. The smallest absolute Gasteiger partial charge is 0.270 e.